The van der Waals surface area contributed by atoms with E-state index in [-0.39, 0.29) is 12.0 Å². The maximum absolute atomic E-state index is 11.1. The van der Waals surface area contributed by atoms with Crippen molar-refractivity contribution in [2.75, 3.05) is 0 Å². The first-order valence-electron chi connectivity index (χ1n) is 2.46. The van der Waals surface area contributed by atoms with Gasteiger partial charge in [-0.3, -0.25) is 0 Å². The van der Waals surface area contributed by atoms with E-state index in [0.717, 1.165) is 0 Å². The normalized spacial score (nSPS) is 15.0. The zero-order chi connectivity index (χ0) is 5.86. The molecular weight excluding hydrogens is 95.1 g/mol. The van der Waals surface area contributed by atoms with Gasteiger partial charge in [0.25, 0.3) is 0 Å². The van der Waals surface area contributed by atoms with Crippen molar-refractivity contribution in [3.05, 3.63) is 0 Å². The van der Waals surface area contributed by atoms with E-state index in [1.54, 1.807) is 6.92 Å². The van der Waals surface area contributed by atoms with Crippen molar-refractivity contribution in [1.82, 2.24) is 0 Å². The highest BCUT2D eigenvalue weighted by atomic mass is 19.3. The lowest BCUT2D eigenvalue weighted by Gasteiger charge is -2.07. The molecule has 0 rings (SSSR count). The summed E-state index contributed by atoms with van der Waals surface area (Å²) in [5.41, 5.74) is 0. The van der Waals surface area contributed by atoms with Crippen LogP contribution in [0, 0.1) is 5.92 Å². The third-order valence-electron chi connectivity index (χ3n) is 1.08. The van der Waals surface area contributed by atoms with Crippen molar-refractivity contribution in [2.24, 2.45) is 5.92 Å². The van der Waals surface area contributed by atoms with Crippen LogP contribution >= 0.6 is 0 Å². The van der Waals surface area contributed by atoms with Crippen LogP contribution in [0.5, 0.6) is 0 Å². The second kappa shape index (κ2) is 2.97. The summed E-state index contributed by atoms with van der Waals surface area (Å²) in [6, 6.07) is 0. The smallest absolute Gasteiger partial charge is 0.0978 e. The lowest BCUT2D eigenvalue weighted by atomic mass is 10.1. The molecule has 44 valence electrons. The van der Waals surface area contributed by atoms with Gasteiger partial charge in [0.1, 0.15) is 0 Å². The Balaban J connectivity index is 3.14. The van der Waals surface area contributed by atoms with Crippen LogP contribution in [0.2, 0.25) is 0 Å². The second-order valence-corrected chi connectivity index (χ2v) is 2.04. The van der Waals surface area contributed by atoms with E-state index < -0.39 is 0 Å². The second-order valence-electron chi connectivity index (χ2n) is 2.04. The fraction of sp³-hybridized carbons (Fsp3) is 1.00. The van der Waals surface area contributed by atoms with Crippen LogP contribution in [0.3, 0.4) is 0 Å². The Labute approximate surface area is 43.4 Å². The molecule has 0 aromatic carbocycles. The first-order valence-corrected chi connectivity index (χ1v) is 2.46. The maximum atomic E-state index is 11.1. The molecule has 0 amide bonds. The first kappa shape index (κ1) is 6.89. The Morgan fingerprint density at radius 3 is 1.71 bits per heavy atom. The first-order chi connectivity index (χ1) is 3.18. The highest BCUT2D eigenvalue weighted by Crippen LogP contribution is 2.03. The maximum Gasteiger partial charge on any atom is 0.0978 e. The lowest BCUT2D eigenvalue weighted by molar-refractivity contribution is -0.185. The van der Waals surface area contributed by atoms with E-state index in [9.17, 15) is 4.53 Å². The van der Waals surface area contributed by atoms with Gasteiger partial charge in [0.15, 0.2) is 0 Å². The van der Waals surface area contributed by atoms with Crippen LogP contribution in [0.25, 0.3) is 0 Å². The molecule has 0 bridgehead atoms. The van der Waals surface area contributed by atoms with Crippen LogP contribution < -0.4 is 0 Å². The Kier molecular flexibility index (Phi) is 2.92. The number of hydrogen-bond acceptors (Lipinski definition) is 1. The number of hydrogen-bond donors (Lipinski definition) is 0. The molecule has 0 aromatic heterocycles. The molecule has 0 radical (unpaired) electrons. The summed E-state index contributed by atoms with van der Waals surface area (Å²) in [4.78, 5) is 3.51. The predicted octanol–water partition coefficient (Wildman–Crippen LogP) is 1.93. The van der Waals surface area contributed by atoms with Crippen LogP contribution in [0.15, 0.2) is 0 Å². The van der Waals surface area contributed by atoms with Crippen LogP contribution in [-0.4, -0.2) is 6.10 Å². The molecule has 1 unspecified atom stereocenters. The van der Waals surface area contributed by atoms with Gasteiger partial charge >= 0.3 is 0 Å². The molecule has 1 atom stereocenters. The van der Waals surface area contributed by atoms with E-state index in [1.807, 2.05) is 13.8 Å². The molecule has 1 nitrogen and oxygen atoms in total. The summed E-state index contributed by atoms with van der Waals surface area (Å²) in [6.07, 6.45) is -0.264. The van der Waals surface area contributed by atoms with Crippen molar-refractivity contribution in [1.29, 1.82) is 0 Å². The Morgan fingerprint density at radius 1 is 1.29 bits per heavy atom. The summed E-state index contributed by atoms with van der Waals surface area (Å²) < 4.78 is 11.1. The zero-order valence-corrected chi connectivity index (χ0v) is 4.94. The van der Waals surface area contributed by atoms with Gasteiger partial charge in [0.05, 0.1) is 6.10 Å². The SMILES string of the molecule is CC(C)C(C)OF. The summed E-state index contributed by atoms with van der Waals surface area (Å²) in [7, 11) is 0. The minimum atomic E-state index is -0.264. The molecule has 0 saturated carbocycles. The standard InChI is InChI=1S/C5H11FO/c1-4(2)5(3)7-6/h4-5H,1-3H3. The molecule has 0 spiro atoms. The minimum absolute atomic E-state index is 0.264. The summed E-state index contributed by atoms with van der Waals surface area (Å²) in [6.45, 7) is 5.51. The molecule has 0 aliphatic rings. The van der Waals surface area contributed by atoms with Crippen LogP contribution in [0.1, 0.15) is 20.8 Å². The van der Waals surface area contributed by atoms with Gasteiger partial charge < -0.3 is 0 Å². The van der Waals surface area contributed by atoms with Crippen molar-refractivity contribution < 1.29 is 9.47 Å². The van der Waals surface area contributed by atoms with Gasteiger partial charge in [-0.25, -0.2) is 0 Å². The fourth-order valence-electron chi connectivity index (χ4n) is 0.103. The Hall–Kier alpha value is -0.110. The quantitative estimate of drug-likeness (QED) is 0.522. The molecule has 0 heterocycles. The van der Waals surface area contributed by atoms with Crippen molar-refractivity contribution in [3.63, 3.8) is 0 Å². The van der Waals surface area contributed by atoms with Gasteiger partial charge in [0.2, 0.25) is 0 Å². The van der Waals surface area contributed by atoms with Crippen LogP contribution in [0.4, 0.5) is 4.53 Å². The largest absolute Gasteiger partial charge is 0.191 e. The van der Waals surface area contributed by atoms with E-state index in [4.69, 9.17) is 0 Å². The van der Waals surface area contributed by atoms with E-state index >= 15 is 0 Å². The van der Waals surface area contributed by atoms with Gasteiger partial charge in [-0.15, -0.1) is 0 Å². The van der Waals surface area contributed by atoms with Gasteiger partial charge in [-0.1, -0.05) is 13.8 Å². The molecule has 0 aromatic rings. The third kappa shape index (κ3) is 2.57. The Bertz CT molecular complexity index is 45.3. The van der Waals surface area contributed by atoms with E-state index in [1.165, 1.54) is 0 Å². The number of rotatable bonds is 2. The molecule has 0 N–H and O–H groups in total. The van der Waals surface area contributed by atoms with E-state index in [0.29, 0.717) is 0 Å². The van der Waals surface area contributed by atoms with Crippen molar-refractivity contribution >= 4 is 0 Å². The Morgan fingerprint density at radius 2 is 1.71 bits per heavy atom. The molecular formula is C5H11FO. The van der Waals surface area contributed by atoms with Gasteiger partial charge in [-0.2, -0.15) is 4.94 Å². The monoisotopic (exact) mass is 106 g/mol. The van der Waals surface area contributed by atoms with E-state index in [2.05, 4.69) is 4.94 Å². The van der Waals surface area contributed by atoms with Crippen molar-refractivity contribution in [3.8, 4) is 0 Å². The highest BCUT2D eigenvalue weighted by Gasteiger charge is 2.05. The van der Waals surface area contributed by atoms with Gasteiger partial charge in [-0.05, 0) is 17.4 Å². The van der Waals surface area contributed by atoms with Crippen molar-refractivity contribution in [2.45, 2.75) is 26.9 Å². The molecule has 0 aliphatic heterocycles. The highest BCUT2D eigenvalue weighted by molar-refractivity contribution is 4.50. The predicted molar refractivity (Wildman–Crippen MR) is 26.5 cm³/mol. The average molecular weight is 106 g/mol. The topological polar surface area (TPSA) is 9.23 Å². The third-order valence-corrected chi connectivity index (χ3v) is 1.08. The summed E-state index contributed by atoms with van der Waals surface area (Å²) in [5.74, 6) is 0.269. The zero-order valence-electron chi connectivity index (χ0n) is 4.94. The molecule has 7 heavy (non-hydrogen) atoms. The lowest BCUT2D eigenvalue weighted by Crippen LogP contribution is -2.09. The minimum Gasteiger partial charge on any atom is -0.191 e. The molecule has 2 heteroatoms. The average Bonchev–Trinajstić information content (AvgIpc) is 1.65. The summed E-state index contributed by atoms with van der Waals surface area (Å²) >= 11 is 0. The fourth-order valence-corrected chi connectivity index (χ4v) is 0.103. The molecule has 0 aliphatic carbocycles. The van der Waals surface area contributed by atoms with Gasteiger partial charge in [0, 0.05) is 0 Å². The molecule has 0 fully saturated rings. The van der Waals surface area contributed by atoms with Crippen LogP contribution in [-0.2, 0) is 4.94 Å². The molecule has 0 saturated heterocycles. The summed E-state index contributed by atoms with van der Waals surface area (Å²) in [5, 5.41) is 0. The number of halogens is 1.